The van der Waals surface area contributed by atoms with Crippen LogP contribution >= 0.6 is 11.6 Å². The summed E-state index contributed by atoms with van der Waals surface area (Å²) in [6, 6.07) is 7.90. The zero-order chi connectivity index (χ0) is 13.2. The van der Waals surface area contributed by atoms with Gasteiger partial charge in [-0.1, -0.05) is 17.7 Å². The molecule has 1 fully saturated rings. The van der Waals surface area contributed by atoms with Crippen molar-refractivity contribution >= 4 is 11.6 Å². The molecule has 0 amide bonds. The number of nitrogens with one attached hydrogen (secondary N) is 1. The number of hydrogen-bond acceptors (Lipinski definition) is 2. The molecule has 2 nitrogen and oxygen atoms in total. The largest absolute Gasteiger partial charge is 0.310 e. The summed E-state index contributed by atoms with van der Waals surface area (Å²) in [6.07, 6.45) is 5.29. The van der Waals surface area contributed by atoms with E-state index < -0.39 is 0 Å². The molecular formula is C15H14ClFN2. The number of halogens is 2. The Morgan fingerprint density at radius 1 is 1.32 bits per heavy atom. The van der Waals surface area contributed by atoms with E-state index in [1.165, 1.54) is 19.0 Å². The Morgan fingerprint density at radius 3 is 2.89 bits per heavy atom. The quantitative estimate of drug-likeness (QED) is 0.919. The van der Waals surface area contributed by atoms with Gasteiger partial charge in [0.25, 0.3) is 0 Å². The molecule has 1 saturated carbocycles. The molecule has 3 rings (SSSR count). The van der Waals surface area contributed by atoms with Crippen LogP contribution in [-0.4, -0.2) is 11.0 Å². The van der Waals surface area contributed by atoms with Crippen molar-refractivity contribution in [2.24, 2.45) is 0 Å². The number of nitrogens with zero attached hydrogens (tertiary/aromatic N) is 1. The monoisotopic (exact) mass is 276 g/mol. The number of benzene rings is 1. The molecule has 1 N–H and O–H groups in total. The van der Waals surface area contributed by atoms with Crippen LogP contribution in [0.2, 0.25) is 5.02 Å². The first-order chi connectivity index (χ1) is 9.24. The predicted molar refractivity (Wildman–Crippen MR) is 74.5 cm³/mol. The minimum Gasteiger partial charge on any atom is -0.310 e. The van der Waals surface area contributed by atoms with Crippen molar-refractivity contribution in [3.63, 3.8) is 0 Å². The number of aromatic nitrogens is 1. The predicted octanol–water partition coefficient (Wildman–Crippen LogP) is 3.79. The summed E-state index contributed by atoms with van der Waals surface area (Å²) in [5, 5.41) is 4.13. The maximum absolute atomic E-state index is 13.7. The fourth-order valence-corrected chi connectivity index (χ4v) is 2.21. The van der Waals surface area contributed by atoms with Gasteiger partial charge in [-0.15, -0.1) is 0 Å². The summed E-state index contributed by atoms with van der Waals surface area (Å²) in [4.78, 5) is 3.76. The van der Waals surface area contributed by atoms with Gasteiger partial charge in [0.05, 0.1) is 6.20 Å². The van der Waals surface area contributed by atoms with Crippen LogP contribution in [0.25, 0.3) is 11.1 Å². The first kappa shape index (κ1) is 12.6. The van der Waals surface area contributed by atoms with Crippen LogP contribution in [0, 0.1) is 5.82 Å². The molecule has 0 bridgehead atoms. The van der Waals surface area contributed by atoms with Gasteiger partial charge in [0, 0.05) is 29.4 Å². The van der Waals surface area contributed by atoms with Gasteiger partial charge in [0.2, 0.25) is 0 Å². The van der Waals surface area contributed by atoms with Crippen LogP contribution in [0.15, 0.2) is 36.7 Å². The molecule has 98 valence electrons. The molecule has 0 atom stereocenters. The Morgan fingerprint density at radius 2 is 2.16 bits per heavy atom. The van der Waals surface area contributed by atoms with E-state index in [0.29, 0.717) is 16.6 Å². The smallest absolute Gasteiger partial charge is 0.149 e. The Balaban J connectivity index is 1.89. The standard InChI is InChI=1S/C15H14ClFN2/c16-14-4-1-10(13-5-6-18-9-15(13)17)7-11(14)8-19-12-2-3-12/h1,4-7,9,12,19H,2-3,8H2. The van der Waals surface area contributed by atoms with Crippen LogP contribution < -0.4 is 5.32 Å². The first-order valence-electron chi connectivity index (χ1n) is 6.36. The number of pyridine rings is 1. The van der Waals surface area contributed by atoms with Crippen LogP contribution in [-0.2, 0) is 6.54 Å². The van der Waals surface area contributed by atoms with E-state index in [1.807, 2.05) is 18.2 Å². The van der Waals surface area contributed by atoms with Crippen LogP contribution in [0.5, 0.6) is 0 Å². The van der Waals surface area contributed by atoms with E-state index in [0.717, 1.165) is 17.7 Å². The van der Waals surface area contributed by atoms with E-state index >= 15 is 0 Å². The van der Waals surface area contributed by atoms with Gasteiger partial charge < -0.3 is 5.32 Å². The number of rotatable bonds is 4. The van der Waals surface area contributed by atoms with E-state index in [-0.39, 0.29) is 5.82 Å². The van der Waals surface area contributed by atoms with Crippen LogP contribution in [0.4, 0.5) is 4.39 Å². The normalized spacial score (nSPS) is 14.6. The highest BCUT2D eigenvalue weighted by atomic mass is 35.5. The van der Waals surface area contributed by atoms with Gasteiger partial charge >= 0.3 is 0 Å². The first-order valence-corrected chi connectivity index (χ1v) is 6.73. The second kappa shape index (κ2) is 5.27. The third kappa shape index (κ3) is 2.94. The summed E-state index contributed by atoms with van der Waals surface area (Å²) < 4.78 is 13.7. The fraction of sp³-hybridized carbons (Fsp3) is 0.267. The maximum Gasteiger partial charge on any atom is 0.149 e. The average Bonchev–Trinajstić information content (AvgIpc) is 3.23. The minimum atomic E-state index is -0.314. The topological polar surface area (TPSA) is 24.9 Å². The minimum absolute atomic E-state index is 0.314. The lowest BCUT2D eigenvalue weighted by Crippen LogP contribution is -2.15. The summed E-state index contributed by atoms with van der Waals surface area (Å²) in [5.74, 6) is -0.314. The van der Waals surface area contributed by atoms with Crippen molar-refractivity contribution < 1.29 is 4.39 Å². The Bertz CT molecular complexity index is 596. The lowest BCUT2D eigenvalue weighted by molar-refractivity contribution is 0.625. The van der Waals surface area contributed by atoms with E-state index in [1.54, 1.807) is 12.3 Å². The van der Waals surface area contributed by atoms with Gasteiger partial charge in [0.15, 0.2) is 0 Å². The van der Waals surface area contributed by atoms with Crippen LogP contribution in [0.1, 0.15) is 18.4 Å². The Labute approximate surface area is 116 Å². The highest BCUT2D eigenvalue weighted by Gasteiger charge is 2.20. The van der Waals surface area contributed by atoms with E-state index in [4.69, 9.17) is 11.6 Å². The van der Waals surface area contributed by atoms with Gasteiger partial charge in [-0.2, -0.15) is 0 Å². The van der Waals surface area contributed by atoms with Gasteiger partial charge in [-0.3, -0.25) is 4.98 Å². The van der Waals surface area contributed by atoms with Crippen molar-refractivity contribution in [1.82, 2.24) is 10.3 Å². The third-order valence-corrected chi connectivity index (χ3v) is 3.66. The Hall–Kier alpha value is -1.45. The molecule has 0 radical (unpaired) electrons. The molecule has 0 aliphatic heterocycles. The summed E-state index contributed by atoms with van der Waals surface area (Å²) in [6.45, 7) is 0.726. The summed E-state index contributed by atoms with van der Waals surface area (Å²) in [5.41, 5.74) is 2.39. The van der Waals surface area contributed by atoms with Gasteiger partial charge in [0.1, 0.15) is 5.82 Å². The molecule has 1 aromatic heterocycles. The van der Waals surface area contributed by atoms with Crippen molar-refractivity contribution in [3.8, 4) is 11.1 Å². The third-order valence-electron chi connectivity index (χ3n) is 3.29. The van der Waals surface area contributed by atoms with Crippen LogP contribution in [0.3, 0.4) is 0 Å². The molecule has 1 heterocycles. The van der Waals surface area contributed by atoms with Crippen molar-refractivity contribution in [2.45, 2.75) is 25.4 Å². The molecular weight excluding hydrogens is 263 g/mol. The molecule has 0 unspecified atom stereocenters. The maximum atomic E-state index is 13.7. The molecule has 19 heavy (non-hydrogen) atoms. The highest BCUT2D eigenvalue weighted by molar-refractivity contribution is 6.31. The lowest BCUT2D eigenvalue weighted by atomic mass is 10.0. The Kier molecular flexibility index (Phi) is 3.49. The van der Waals surface area contributed by atoms with Gasteiger partial charge in [-0.05, 0) is 42.2 Å². The van der Waals surface area contributed by atoms with Gasteiger partial charge in [-0.25, -0.2) is 4.39 Å². The molecule has 1 aliphatic rings. The molecule has 2 aromatic rings. The summed E-state index contributed by atoms with van der Waals surface area (Å²) >= 11 is 6.18. The van der Waals surface area contributed by atoms with Crippen molar-refractivity contribution in [3.05, 3.63) is 53.1 Å². The molecule has 0 spiro atoms. The SMILES string of the molecule is Fc1cnccc1-c1ccc(Cl)c(CNC2CC2)c1. The fourth-order valence-electron chi connectivity index (χ4n) is 2.03. The van der Waals surface area contributed by atoms with E-state index in [9.17, 15) is 4.39 Å². The molecule has 1 aliphatic carbocycles. The second-order valence-corrected chi connectivity index (χ2v) is 5.22. The lowest BCUT2D eigenvalue weighted by Gasteiger charge is -2.09. The molecule has 4 heteroatoms. The average molecular weight is 277 g/mol. The van der Waals surface area contributed by atoms with E-state index in [2.05, 4.69) is 10.3 Å². The molecule has 1 aromatic carbocycles. The zero-order valence-electron chi connectivity index (χ0n) is 10.4. The van der Waals surface area contributed by atoms with Crippen molar-refractivity contribution in [1.29, 1.82) is 0 Å². The second-order valence-electron chi connectivity index (χ2n) is 4.82. The summed E-state index contributed by atoms with van der Waals surface area (Å²) in [7, 11) is 0. The highest BCUT2D eigenvalue weighted by Crippen LogP contribution is 2.27. The van der Waals surface area contributed by atoms with Crippen molar-refractivity contribution in [2.75, 3.05) is 0 Å². The number of hydrogen-bond donors (Lipinski definition) is 1. The zero-order valence-corrected chi connectivity index (χ0v) is 11.1. The molecule has 0 saturated heterocycles.